The standard InChI is InChI=1S/C6H6NO/c1-2-3-6-7-4-5-8-6/h1,3H,4-5H2. The van der Waals surface area contributed by atoms with Crippen LogP contribution in [0.4, 0.5) is 0 Å². The van der Waals surface area contributed by atoms with E-state index >= 15 is 0 Å². The fourth-order valence-electron chi connectivity index (χ4n) is 0.510. The third-order valence-corrected chi connectivity index (χ3v) is 0.816. The summed E-state index contributed by atoms with van der Waals surface area (Å²) in [7, 11) is 0. The molecule has 1 aliphatic rings. The van der Waals surface area contributed by atoms with Crippen LogP contribution in [0.5, 0.6) is 0 Å². The second kappa shape index (κ2) is 2.37. The van der Waals surface area contributed by atoms with Crippen LogP contribution in [0.3, 0.4) is 0 Å². The second-order valence-corrected chi connectivity index (χ2v) is 1.38. The Labute approximate surface area is 48.6 Å². The molecule has 2 heteroatoms. The average Bonchev–Trinajstić information content (AvgIpc) is 2.19. The molecule has 0 saturated carbocycles. The molecular weight excluding hydrogens is 102 g/mol. The topological polar surface area (TPSA) is 21.6 Å². The monoisotopic (exact) mass is 108 g/mol. The summed E-state index contributed by atoms with van der Waals surface area (Å²) < 4.78 is 4.95. The van der Waals surface area contributed by atoms with Crippen molar-refractivity contribution in [1.29, 1.82) is 0 Å². The van der Waals surface area contributed by atoms with Crippen molar-refractivity contribution in [2.45, 2.75) is 0 Å². The van der Waals surface area contributed by atoms with Gasteiger partial charge in [0.1, 0.15) is 13.0 Å². The van der Waals surface area contributed by atoms with Crippen LogP contribution in [-0.2, 0) is 4.74 Å². The molecule has 1 rings (SSSR count). The summed E-state index contributed by atoms with van der Waals surface area (Å²) in [4.78, 5) is 3.92. The van der Waals surface area contributed by atoms with Crippen molar-refractivity contribution in [1.82, 2.24) is 0 Å². The quantitative estimate of drug-likeness (QED) is 0.441. The molecule has 0 aromatic carbocycles. The Morgan fingerprint density at radius 1 is 1.88 bits per heavy atom. The Hall–Kier alpha value is -0.970. The Morgan fingerprint density at radius 3 is 3.25 bits per heavy atom. The van der Waals surface area contributed by atoms with Crippen LogP contribution in [-0.4, -0.2) is 19.0 Å². The van der Waals surface area contributed by atoms with Gasteiger partial charge in [0.25, 0.3) is 0 Å². The Kier molecular flexibility index (Phi) is 1.53. The summed E-state index contributed by atoms with van der Waals surface area (Å²) in [5.74, 6) is 2.92. The van der Waals surface area contributed by atoms with E-state index < -0.39 is 0 Å². The van der Waals surface area contributed by atoms with Crippen LogP contribution in [0.25, 0.3) is 0 Å². The van der Waals surface area contributed by atoms with Crippen molar-refractivity contribution in [3.63, 3.8) is 0 Å². The van der Waals surface area contributed by atoms with Crippen LogP contribution >= 0.6 is 0 Å². The zero-order valence-electron chi connectivity index (χ0n) is 4.42. The van der Waals surface area contributed by atoms with Crippen LogP contribution < -0.4 is 0 Å². The number of hydrogen-bond donors (Lipinski definition) is 0. The van der Waals surface area contributed by atoms with E-state index in [0.29, 0.717) is 12.5 Å². The number of aliphatic imine (C=N–C) groups is 1. The molecule has 2 nitrogen and oxygen atoms in total. The molecule has 0 atom stereocenters. The molecule has 1 aliphatic heterocycles. The van der Waals surface area contributed by atoms with Gasteiger partial charge in [-0.05, 0) is 0 Å². The zero-order valence-corrected chi connectivity index (χ0v) is 4.42. The number of terminal acetylenes is 1. The van der Waals surface area contributed by atoms with Crippen molar-refractivity contribution in [3.8, 4) is 12.3 Å². The minimum atomic E-state index is 0.590. The third-order valence-electron chi connectivity index (χ3n) is 0.816. The van der Waals surface area contributed by atoms with Crippen LogP contribution in [0.15, 0.2) is 4.99 Å². The zero-order chi connectivity index (χ0) is 5.82. The van der Waals surface area contributed by atoms with Crippen molar-refractivity contribution in [3.05, 3.63) is 6.42 Å². The predicted octanol–water partition coefficient (Wildman–Crippen LogP) is 0.253. The van der Waals surface area contributed by atoms with Crippen molar-refractivity contribution >= 4 is 5.90 Å². The molecule has 0 aromatic rings. The molecule has 0 aromatic heterocycles. The van der Waals surface area contributed by atoms with Crippen LogP contribution in [0.2, 0.25) is 0 Å². The van der Waals surface area contributed by atoms with E-state index in [0.717, 1.165) is 6.54 Å². The normalized spacial score (nSPS) is 16.6. The SMILES string of the molecule is C#C[CH]C1=NCCO1. The lowest BCUT2D eigenvalue weighted by Gasteiger charge is -1.90. The lowest BCUT2D eigenvalue weighted by atomic mass is 10.4. The first kappa shape index (κ1) is 5.17. The Morgan fingerprint density at radius 2 is 2.75 bits per heavy atom. The molecule has 0 amide bonds. The van der Waals surface area contributed by atoms with Gasteiger partial charge < -0.3 is 4.74 Å². The first-order chi connectivity index (χ1) is 3.93. The van der Waals surface area contributed by atoms with E-state index in [1.165, 1.54) is 6.42 Å². The van der Waals surface area contributed by atoms with Gasteiger partial charge >= 0.3 is 0 Å². The molecular formula is C6H6NO. The molecule has 0 aliphatic carbocycles. The molecule has 0 unspecified atom stereocenters. The molecule has 0 saturated heterocycles. The van der Waals surface area contributed by atoms with E-state index in [1.54, 1.807) is 0 Å². The van der Waals surface area contributed by atoms with Gasteiger partial charge in [-0.2, -0.15) is 0 Å². The van der Waals surface area contributed by atoms with Gasteiger partial charge in [0.05, 0.1) is 6.54 Å². The molecule has 1 radical (unpaired) electrons. The highest BCUT2D eigenvalue weighted by atomic mass is 16.5. The maximum Gasteiger partial charge on any atom is 0.200 e. The van der Waals surface area contributed by atoms with Crippen molar-refractivity contribution in [2.75, 3.05) is 13.2 Å². The number of hydrogen-bond acceptors (Lipinski definition) is 2. The molecule has 0 fully saturated rings. The maximum atomic E-state index is 4.95. The largest absolute Gasteiger partial charge is 0.478 e. The maximum absolute atomic E-state index is 4.95. The lowest BCUT2D eigenvalue weighted by molar-refractivity contribution is 0.348. The minimum absolute atomic E-state index is 0.590. The third kappa shape index (κ3) is 1.00. The highest BCUT2D eigenvalue weighted by Crippen LogP contribution is 1.94. The van der Waals surface area contributed by atoms with Gasteiger partial charge in [0, 0.05) is 0 Å². The number of nitrogens with zero attached hydrogens (tertiary/aromatic N) is 1. The van der Waals surface area contributed by atoms with Gasteiger partial charge in [-0.1, -0.05) is 5.92 Å². The molecule has 8 heavy (non-hydrogen) atoms. The van der Waals surface area contributed by atoms with E-state index in [4.69, 9.17) is 11.2 Å². The van der Waals surface area contributed by atoms with Gasteiger partial charge in [-0.15, -0.1) is 6.42 Å². The highest BCUT2D eigenvalue weighted by molar-refractivity contribution is 5.88. The summed E-state index contributed by atoms with van der Waals surface area (Å²) in [6.45, 7) is 1.42. The molecule has 0 bridgehead atoms. The van der Waals surface area contributed by atoms with E-state index in [2.05, 4.69) is 10.9 Å². The fourth-order valence-corrected chi connectivity index (χ4v) is 0.510. The summed E-state index contributed by atoms with van der Waals surface area (Å²) in [5.41, 5.74) is 0. The summed E-state index contributed by atoms with van der Waals surface area (Å²) in [6.07, 6.45) is 6.46. The number of rotatable bonds is 1. The second-order valence-electron chi connectivity index (χ2n) is 1.38. The van der Waals surface area contributed by atoms with Gasteiger partial charge in [0.2, 0.25) is 5.90 Å². The lowest BCUT2D eigenvalue weighted by Crippen LogP contribution is -1.96. The first-order valence-electron chi connectivity index (χ1n) is 2.40. The van der Waals surface area contributed by atoms with Gasteiger partial charge in [0.15, 0.2) is 0 Å². The van der Waals surface area contributed by atoms with E-state index in [-0.39, 0.29) is 0 Å². The molecule has 41 valence electrons. The van der Waals surface area contributed by atoms with Crippen LogP contribution in [0, 0.1) is 18.8 Å². The van der Waals surface area contributed by atoms with Crippen molar-refractivity contribution < 1.29 is 4.74 Å². The molecule has 0 spiro atoms. The number of ether oxygens (including phenoxy) is 1. The fraction of sp³-hybridized carbons (Fsp3) is 0.333. The Balaban J connectivity index is 2.36. The van der Waals surface area contributed by atoms with Crippen molar-refractivity contribution in [2.24, 2.45) is 4.99 Å². The van der Waals surface area contributed by atoms with E-state index in [1.807, 2.05) is 0 Å². The molecule has 0 N–H and O–H groups in total. The molecule has 1 heterocycles. The average molecular weight is 108 g/mol. The van der Waals surface area contributed by atoms with Crippen LogP contribution in [0.1, 0.15) is 0 Å². The van der Waals surface area contributed by atoms with Gasteiger partial charge in [-0.25, -0.2) is 0 Å². The summed E-state index contributed by atoms with van der Waals surface area (Å²) >= 11 is 0. The van der Waals surface area contributed by atoms with E-state index in [9.17, 15) is 0 Å². The summed E-state index contributed by atoms with van der Waals surface area (Å²) in [5, 5.41) is 0. The smallest absolute Gasteiger partial charge is 0.200 e. The summed E-state index contributed by atoms with van der Waals surface area (Å²) in [6, 6.07) is 0. The Bertz CT molecular complexity index is 143. The minimum Gasteiger partial charge on any atom is -0.478 e. The first-order valence-corrected chi connectivity index (χ1v) is 2.40. The van der Waals surface area contributed by atoms with Gasteiger partial charge in [-0.3, -0.25) is 4.99 Å². The predicted molar refractivity (Wildman–Crippen MR) is 31.4 cm³/mol. The highest BCUT2D eigenvalue weighted by Gasteiger charge is 2.03.